The first-order valence-electron chi connectivity index (χ1n) is 9.42. The number of phenolic OH excluding ortho intramolecular Hbond substituents is 2. The first-order chi connectivity index (χ1) is 14.8. The zero-order chi connectivity index (χ0) is 22.3. The summed E-state index contributed by atoms with van der Waals surface area (Å²) in [5, 5.41) is 29.2. The summed E-state index contributed by atoms with van der Waals surface area (Å²) in [5.74, 6) is -2.12. The highest BCUT2D eigenvalue weighted by atomic mass is 35.5. The van der Waals surface area contributed by atoms with E-state index in [-0.39, 0.29) is 41.1 Å². The Morgan fingerprint density at radius 1 is 1.10 bits per heavy atom. The minimum absolute atomic E-state index is 0.0218. The van der Waals surface area contributed by atoms with Gasteiger partial charge in [-0.2, -0.15) is 0 Å². The number of nitrogens with zero attached hydrogens (tertiary/aromatic N) is 3. The van der Waals surface area contributed by atoms with Crippen LogP contribution in [0, 0.1) is 12.8 Å². The number of azo groups is 1. The van der Waals surface area contributed by atoms with E-state index in [1.54, 1.807) is 42.5 Å². The molecule has 2 N–H and O–H groups in total. The molecule has 7 nitrogen and oxygen atoms in total. The third kappa shape index (κ3) is 3.82. The van der Waals surface area contributed by atoms with Gasteiger partial charge in [-0.15, -0.1) is 10.2 Å². The number of aromatic hydroxyl groups is 2. The lowest BCUT2D eigenvalue weighted by Gasteiger charge is -2.17. The van der Waals surface area contributed by atoms with Crippen LogP contribution in [-0.4, -0.2) is 28.6 Å². The summed E-state index contributed by atoms with van der Waals surface area (Å²) >= 11 is 12.3. The van der Waals surface area contributed by atoms with Crippen molar-refractivity contribution >= 4 is 57.2 Å². The van der Waals surface area contributed by atoms with Gasteiger partial charge in [0.05, 0.1) is 5.92 Å². The number of aryl methyl sites for hydroxylation is 1. The van der Waals surface area contributed by atoms with Gasteiger partial charge >= 0.3 is 0 Å². The zero-order valence-corrected chi connectivity index (χ0v) is 17.9. The van der Waals surface area contributed by atoms with Gasteiger partial charge in [0, 0.05) is 34.4 Å². The Morgan fingerprint density at radius 2 is 1.77 bits per heavy atom. The molecule has 0 aliphatic carbocycles. The molecular weight excluding hydrogens is 441 g/mol. The van der Waals surface area contributed by atoms with E-state index in [1.165, 1.54) is 4.90 Å². The fraction of sp³-hybridized carbons (Fsp3) is 0.182. The number of fused-ring (bicyclic) bond motifs is 1. The number of halogens is 2. The van der Waals surface area contributed by atoms with Gasteiger partial charge in [-0.05, 0) is 24.6 Å². The minimum atomic E-state index is -0.702. The van der Waals surface area contributed by atoms with Gasteiger partial charge in [-0.25, -0.2) is 0 Å². The number of hydrogen-bond acceptors (Lipinski definition) is 5. The van der Waals surface area contributed by atoms with Crippen LogP contribution in [0.4, 0.5) is 11.4 Å². The molecule has 1 aliphatic rings. The van der Waals surface area contributed by atoms with Crippen LogP contribution in [0.1, 0.15) is 12.0 Å². The lowest BCUT2D eigenvalue weighted by atomic mass is 10.1. The molecule has 4 rings (SSSR count). The minimum Gasteiger partial charge on any atom is -0.506 e. The Morgan fingerprint density at radius 3 is 2.45 bits per heavy atom. The van der Waals surface area contributed by atoms with Crippen molar-refractivity contribution in [3.63, 3.8) is 0 Å². The molecule has 158 valence electrons. The predicted molar refractivity (Wildman–Crippen MR) is 118 cm³/mol. The average molecular weight is 458 g/mol. The molecule has 1 aliphatic heterocycles. The van der Waals surface area contributed by atoms with Crippen molar-refractivity contribution in [3.8, 4) is 11.5 Å². The normalized spacial score (nSPS) is 16.5. The second-order valence-corrected chi connectivity index (χ2v) is 8.07. The smallest absolute Gasteiger partial charge is 0.270 e. The van der Waals surface area contributed by atoms with Crippen molar-refractivity contribution in [2.24, 2.45) is 16.1 Å². The van der Waals surface area contributed by atoms with Crippen LogP contribution in [0.5, 0.6) is 11.5 Å². The van der Waals surface area contributed by atoms with Crippen LogP contribution in [0.2, 0.25) is 10.0 Å². The number of amides is 2. The Bertz CT molecular complexity index is 1260. The number of anilines is 1. The van der Waals surface area contributed by atoms with Gasteiger partial charge in [0.25, 0.3) is 5.91 Å². The van der Waals surface area contributed by atoms with E-state index in [1.807, 2.05) is 6.92 Å². The van der Waals surface area contributed by atoms with Gasteiger partial charge < -0.3 is 15.1 Å². The molecule has 1 fully saturated rings. The third-order valence-electron chi connectivity index (χ3n) is 5.27. The number of hydrogen-bond donors (Lipinski definition) is 2. The van der Waals surface area contributed by atoms with E-state index in [2.05, 4.69) is 10.2 Å². The maximum atomic E-state index is 12.6. The molecule has 0 spiro atoms. The second kappa shape index (κ2) is 8.17. The second-order valence-electron chi connectivity index (χ2n) is 7.28. The fourth-order valence-corrected chi connectivity index (χ4v) is 3.91. The largest absolute Gasteiger partial charge is 0.506 e. The Labute approximate surface area is 187 Å². The van der Waals surface area contributed by atoms with Crippen LogP contribution < -0.4 is 4.90 Å². The van der Waals surface area contributed by atoms with Gasteiger partial charge in [0.15, 0.2) is 11.4 Å². The van der Waals surface area contributed by atoms with E-state index in [0.717, 1.165) is 5.56 Å². The van der Waals surface area contributed by atoms with Crippen LogP contribution in [-0.2, 0) is 9.59 Å². The van der Waals surface area contributed by atoms with E-state index in [0.29, 0.717) is 21.5 Å². The van der Waals surface area contributed by atoms with Gasteiger partial charge in [0.2, 0.25) is 5.91 Å². The summed E-state index contributed by atoms with van der Waals surface area (Å²) in [5.41, 5.74) is 1.28. The van der Waals surface area contributed by atoms with Crippen LogP contribution in [0.25, 0.3) is 10.8 Å². The molecule has 31 heavy (non-hydrogen) atoms. The first-order valence-corrected chi connectivity index (χ1v) is 10.2. The van der Waals surface area contributed by atoms with Crippen molar-refractivity contribution in [2.75, 3.05) is 11.4 Å². The standard InChI is InChI=1S/C22H17Cl2N3O4/c1-11-6-7-13(9-16(11)23)27-10-12(8-17(27)28)22(31)26-25-19-18(24)20(29)14-4-2-3-5-15(14)21(19)30/h2-7,9,12,29-30H,8,10H2,1H3. The molecule has 2 amide bonds. The molecular formula is C22H17Cl2N3O4. The van der Waals surface area contributed by atoms with E-state index >= 15 is 0 Å². The van der Waals surface area contributed by atoms with Crippen LogP contribution in [0.3, 0.4) is 0 Å². The lowest BCUT2D eigenvalue weighted by molar-refractivity contribution is -0.124. The zero-order valence-electron chi connectivity index (χ0n) is 16.3. The number of carbonyl (C=O) groups is 2. The Kier molecular flexibility index (Phi) is 5.56. The van der Waals surface area contributed by atoms with Gasteiger partial charge in [-0.3, -0.25) is 9.59 Å². The number of phenols is 2. The quantitative estimate of drug-likeness (QED) is 0.398. The number of benzene rings is 3. The Balaban J connectivity index is 1.58. The average Bonchev–Trinajstić information content (AvgIpc) is 3.15. The summed E-state index contributed by atoms with van der Waals surface area (Å²) in [6, 6.07) is 11.8. The van der Waals surface area contributed by atoms with E-state index < -0.39 is 11.8 Å². The molecule has 0 saturated carbocycles. The number of carbonyl (C=O) groups excluding carboxylic acids is 2. The molecule has 1 atom stereocenters. The first kappa shape index (κ1) is 21.1. The van der Waals surface area contributed by atoms with Crippen molar-refractivity contribution in [1.29, 1.82) is 0 Å². The fourth-order valence-electron chi connectivity index (χ4n) is 3.50. The van der Waals surface area contributed by atoms with Crippen molar-refractivity contribution in [3.05, 3.63) is 58.1 Å². The molecule has 0 aromatic heterocycles. The molecule has 0 radical (unpaired) electrons. The third-order valence-corrected chi connectivity index (χ3v) is 6.03. The van der Waals surface area contributed by atoms with Gasteiger partial charge in [-0.1, -0.05) is 53.5 Å². The topological polar surface area (TPSA) is 103 Å². The van der Waals surface area contributed by atoms with Crippen molar-refractivity contribution < 1.29 is 19.8 Å². The van der Waals surface area contributed by atoms with E-state index in [4.69, 9.17) is 23.2 Å². The molecule has 0 bridgehead atoms. The molecule has 3 aromatic rings. The molecule has 3 aromatic carbocycles. The SMILES string of the molecule is Cc1ccc(N2CC(C(=O)N=Nc3c(Cl)c(O)c4ccccc4c3O)CC2=O)cc1Cl. The highest BCUT2D eigenvalue weighted by Crippen LogP contribution is 2.47. The van der Waals surface area contributed by atoms with Crippen LogP contribution >= 0.6 is 23.2 Å². The van der Waals surface area contributed by atoms with Crippen molar-refractivity contribution in [2.45, 2.75) is 13.3 Å². The highest BCUT2D eigenvalue weighted by Gasteiger charge is 2.35. The molecule has 9 heteroatoms. The van der Waals surface area contributed by atoms with Gasteiger partial charge in [0.1, 0.15) is 10.8 Å². The monoisotopic (exact) mass is 457 g/mol. The predicted octanol–water partition coefficient (Wildman–Crippen LogP) is 5.53. The molecule has 1 heterocycles. The maximum absolute atomic E-state index is 12.6. The summed E-state index contributed by atoms with van der Waals surface area (Å²) in [6.45, 7) is 1.99. The van der Waals surface area contributed by atoms with E-state index in [9.17, 15) is 19.8 Å². The lowest BCUT2D eigenvalue weighted by Crippen LogP contribution is -2.25. The summed E-state index contributed by atoms with van der Waals surface area (Å²) < 4.78 is 0. The summed E-state index contributed by atoms with van der Waals surface area (Å²) in [6.07, 6.45) is -0.0218. The molecule has 1 saturated heterocycles. The maximum Gasteiger partial charge on any atom is 0.270 e. The summed E-state index contributed by atoms with van der Waals surface area (Å²) in [4.78, 5) is 26.5. The Hall–Kier alpha value is -3.16. The van der Waals surface area contributed by atoms with Crippen LogP contribution in [0.15, 0.2) is 52.7 Å². The highest BCUT2D eigenvalue weighted by molar-refractivity contribution is 6.36. The number of rotatable bonds is 3. The summed E-state index contributed by atoms with van der Waals surface area (Å²) in [7, 11) is 0. The molecule has 1 unspecified atom stereocenters. The van der Waals surface area contributed by atoms with Crippen molar-refractivity contribution in [1.82, 2.24) is 0 Å².